The Hall–Kier alpha value is -1.95. The molecule has 0 saturated carbocycles. The number of benzene rings is 1. The lowest BCUT2D eigenvalue weighted by atomic mass is 10.1. The number of hydrazine groups is 1. The lowest BCUT2D eigenvalue weighted by Crippen LogP contribution is -2.09. The van der Waals surface area contributed by atoms with Crippen molar-refractivity contribution in [1.29, 1.82) is 0 Å². The second-order valence-corrected chi connectivity index (χ2v) is 4.04. The number of aromatic nitrogens is 1. The summed E-state index contributed by atoms with van der Waals surface area (Å²) in [7, 11) is 0. The summed E-state index contributed by atoms with van der Waals surface area (Å²) < 4.78 is 31.2. The van der Waals surface area contributed by atoms with Gasteiger partial charge in [0.15, 0.2) is 0 Å². The third kappa shape index (κ3) is 2.73. The number of rotatable bonds is 5. The highest BCUT2D eigenvalue weighted by atomic mass is 19.3. The van der Waals surface area contributed by atoms with Gasteiger partial charge >= 0.3 is 0 Å². The molecule has 0 saturated heterocycles. The highest BCUT2D eigenvalue weighted by Crippen LogP contribution is 2.32. The van der Waals surface area contributed by atoms with Gasteiger partial charge < -0.3 is 10.2 Å². The van der Waals surface area contributed by atoms with Gasteiger partial charge in [0.2, 0.25) is 0 Å². The van der Waals surface area contributed by atoms with E-state index in [4.69, 9.17) is 10.6 Å². The molecule has 0 unspecified atom stereocenters. The fraction of sp³-hybridized carbons (Fsp3) is 0.308. The molecule has 6 heteroatoms. The summed E-state index contributed by atoms with van der Waals surface area (Å²) in [6.45, 7) is 2.47. The molecule has 19 heavy (non-hydrogen) atoms. The Labute approximate surface area is 109 Å². The van der Waals surface area contributed by atoms with Gasteiger partial charge in [0.05, 0.1) is 12.3 Å². The van der Waals surface area contributed by atoms with Crippen molar-refractivity contribution in [2.75, 3.05) is 12.0 Å². The molecule has 2 aromatic rings. The van der Waals surface area contributed by atoms with E-state index in [1.807, 2.05) is 6.92 Å². The zero-order valence-corrected chi connectivity index (χ0v) is 10.5. The van der Waals surface area contributed by atoms with Crippen molar-refractivity contribution in [3.63, 3.8) is 0 Å². The molecule has 1 aromatic heterocycles. The maximum absolute atomic E-state index is 12.8. The minimum absolute atomic E-state index is 0.326. The summed E-state index contributed by atoms with van der Waals surface area (Å²) in [6.07, 6.45) is -1.83. The summed E-state index contributed by atoms with van der Waals surface area (Å²) in [5, 5.41) is 0.653. The van der Waals surface area contributed by atoms with Crippen LogP contribution in [0, 0.1) is 0 Å². The van der Waals surface area contributed by atoms with Gasteiger partial charge in [-0.05, 0) is 18.6 Å². The largest absolute Gasteiger partial charge is 0.491 e. The summed E-state index contributed by atoms with van der Waals surface area (Å²) in [6, 6.07) is 6.49. The average molecular weight is 267 g/mol. The minimum atomic E-state index is -2.66. The molecule has 2 rings (SSSR count). The van der Waals surface area contributed by atoms with Crippen LogP contribution < -0.4 is 16.0 Å². The third-order valence-corrected chi connectivity index (χ3v) is 2.66. The number of alkyl halides is 2. The SMILES string of the molecule is CCCOc1cccc2c(NN)cc(C(F)F)nc12. The fourth-order valence-corrected chi connectivity index (χ4v) is 1.80. The van der Waals surface area contributed by atoms with Gasteiger partial charge in [0.1, 0.15) is 17.0 Å². The van der Waals surface area contributed by atoms with Gasteiger partial charge in [-0.15, -0.1) is 0 Å². The Morgan fingerprint density at radius 2 is 2.21 bits per heavy atom. The molecule has 0 aliphatic heterocycles. The Kier molecular flexibility index (Phi) is 4.11. The van der Waals surface area contributed by atoms with E-state index in [2.05, 4.69) is 10.4 Å². The monoisotopic (exact) mass is 267 g/mol. The number of para-hydroxylation sites is 1. The number of nitrogens with two attached hydrogens (primary N) is 1. The number of hydrogen-bond donors (Lipinski definition) is 2. The number of halogens is 2. The number of nitrogens with zero attached hydrogens (tertiary/aromatic N) is 1. The van der Waals surface area contributed by atoms with Gasteiger partial charge in [-0.2, -0.15) is 0 Å². The van der Waals surface area contributed by atoms with Crippen LogP contribution in [0.4, 0.5) is 14.5 Å². The van der Waals surface area contributed by atoms with Crippen molar-refractivity contribution in [3.8, 4) is 5.75 Å². The van der Waals surface area contributed by atoms with Crippen molar-refractivity contribution in [2.45, 2.75) is 19.8 Å². The Balaban J connectivity index is 2.61. The van der Waals surface area contributed by atoms with Crippen molar-refractivity contribution >= 4 is 16.6 Å². The molecule has 0 aliphatic carbocycles. The van der Waals surface area contributed by atoms with E-state index in [-0.39, 0.29) is 5.69 Å². The highest BCUT2D eigenvalue weighted by Gasteiger charge is 2.15. The van der Waals surface area contributed by atoms with E-state index in [0.29, 0.717) is 28.9 Å². The molecule has 1 aromatic carbocycles. The molecular formula is C13H15F2N3O. The van der Waals surface area contributed by atoms with E-state index >= 15 is 0 Å². The topological polar surface area (TPSA) is 60.2 Å². The predicted molar refractivity (Wildman–Crippen MR) is 70.3 cm³/mol. The molecular weight excluding hydrogens is 252 g/mol. The molecule has 1 heterocycles. The van der Waals surface area contributed by atoms with Crippen LogP contribution in [0.15, 0.2) is 24.3 Å². The Morgan fingerprint density at radius 1 is 1.42 bits per heavy atom. The van der Waals surface area contributed by atoms with Gasteiger partial charge in [0.25, 0.3) is 6.43 Å². The zero-order valence-electron chi connectivity index (χ0n) is 10.5. The quantitative estimate of drug-likeness (QED) is 0.645. The first-order valence-electron chi connectivity index (χ1n) is 5.98. The van der Waals surface area contributed by atoms with Crippen LogP contribution in [0.5, 0.6) is 5.75 Å². The Bertz CT molecular complexity index is 575. The van der Waals surface area contributed by atoms with Crippen LogP contribution in [-0.2, 0) is 0 Å². The van der Waals surface area contributed by atoms with Crippen molar-refractivity contribution < 1.29 is 13.5 Å². The highest BCUT2D eigenvalue weighted by molar-refractivity contribution is 5.95. The lowest BCUT2D eigenvalue weighted by molar-refractivity contribution is 0.146. The molecule has 4 nitrogen and oxygen atoms in total. The first kappa shape index (κ1) is 13.5. The van der Waals surface area contributed by atoms with Gasteiger partial charge in [-0.25, -0.2) is 13.8 Å². The number of hydrogen-bond acceptors (Lipinski definition) is 4. The molecule has 0 spiro atoms. The van der Waals surface area contributed by atoms with Crippen LogP contribution in [0.3, 0.4) is 0 Å². The summed E-state index contributed by atoms with van der Waals surface area (Å²) in [5.41, 5.74) is 2.89. The molecule has 0 radical (unpaired) electrons. The smallest absolute Gasteiger partial charge is 0.280 e. The van der Waals surface area contributed by atoms with Crippen LogP contribution in [0.25, 0.3) is 10.9 Å². The summed E-state index contributed by atoms with van der Waals surface area (Å²) >= 11 is 0. The lowest BCUT2D eigenvalue weighted by Gasteiger charge is -2.12. The second kappa shape index (κ2) is 5.79. The van der Waals surface area contributed by atoms with Crippen molar-refractivity contribution in [3.05, 3.63) is 30.0 Å². The maximum Gasteiger partial charge on any atom is 0.280 e. The summed E-state index contributed by atoms with van der Waals surface area (Å²) in [5.74, 6) is 5.86. The molecule has 0 bridgehead atoms. The molecule has 0 fully saturated rings. The predicted octanol–water partition coefficient (Wildman–Crippen LogP) is 3.25. The standard InChI is InChI=1S/C13H15F2N3O/c1-2-6-19-11-5-3-4-8-9(18-16)7-10(13(14)15)17-12(8)11/h3-5,7,13H,2,6,16H2,1H3,(H,17,18). The van der Waals surface area contributed by atoms with Gasteiger partial charge in [0, 0.05) is 5.39 Å². The van der Waals surface area contributed by atoms with Crippen molar-refractivity contribution in [1.82, 2.24) is 4.98 Å². The van der Waals surface area contributed by atoms with E-state index in [9.17, 15) is 8.78 Å². The van der Waals surface area contributed by atoms with Gasteiger partial charge in [-0.3, -0.25) is 5.84 Å². The van der Waals surface area contributed by atoms with Crippen molar-refractivity contribution in [2.24, 2.45) is 5.84 Å². The molecule has 102 valence electrons. The van der Waals surface area contributed by atoms with Crippen LogP contribution in [0.2, 0.25) is 0 Å². The molecule has 3 N–H and O–H groups in total. The Morgan fingerprint density at radius 3 is 2.84 bits per heavy atom. The second-order valence-electron chi connectivity index (χ2n) is 4.04. The number of nitrogens with one attached hydrogen (secondary N) is 1. The first-order chi connectivity index (χ1) is 9.17. The van der Waals surface area contributed by atoms with Crippen LogP contribution in [0.1, 0.15) is 25.5 Å². The minimum Gasteiger partial charge on any atom is -0.491 e. The van der Waals surface area contributed by atoms with Crippen LogP contribution >= 0.6 is 0 Å². The van der Waals surface area contributed by atoms with E-state index < -0.39 is 6.43 Å². The maximum atomic E-state index is 12.8. The fourth-order valence-electron chi connectivity index (χ4n) is 1.80. The normalized spacial score (nSPS) is 11.0. The van der Waals surface area contributed by atoms with Gasteiger partial charge in [-0.1, -0.05) is 19.1 Å². The number of nitrogen functional groups attached to an aromatic ring is 1. The average Bonchev–Trinajstić information content (AvgIpc) is 2.43. The molecule has 0 aliphatic rings. The zero-order chi connectivity index (χ0) is 13.8. The number of fused-ring (bicyclic) bond motifs is 1. The number of ether oxygens (including phenoxy) is 1. The van der Waals surface area contributed by atoms with E-state index in [1.165, 1.54) is 6.07 Å². The van der Waals surface area contributed by atoms with Crippen LogP contribution in [-0.4, -0.2) is 11.6 Å². The summed E-state index contributed by atoms with van der Waals surface area (Å²) in [4.78, 5) is 3.97. The number of anilines is 1. The first-order valence-corrected chi connectivity index (χ1v) is 5.98. The van der Waals surface area contributed by atoms with E-state index in [1.54, 1.807) is 18.2 Å². The third-order valence-electron chi connectivity index (χ3n) is 2.66. The molecule has 0 atom stereocenters. The van der Waals surface area contributed by atoms with E-state index in [0.717, 1.165) is 6.42 Å². The molecule has 0 amide bonds. The number of pyridine rings is 1.